The van der Waals surface area contributed by atoms with Gasteiger partial charge in [-0.2, -0.15) is 0 Å². The number of amides is 4. The van der Waals surface area contributed by atoms with Crippen molar-refractivity contribution < 1.29 is 27.2 Å². The van der Waals surface area contributed by atoms with Gasteiger partial charge in [-0.05, 0) is 55.3 Å². The van der Waals surface area contributed by atoms with E-state index >= 15 is 0 Å². The lowest BCUT2D eigenvalue weighted by Gasteiger charge is -2.37. The summed E-state index contributed by atoms with van der Waals surface area (Å²) in [5.41, 5.74) is -0.816. The van der Waals surface area contributed by atoms with Gasteiger partial charge in [-0.15, -0.1) is 0 Å². The number of sulfonamides is 1. The second-order valence-electron chi connectivity index (χ2n) is 7.54. The van der Waals surface area contributed by atoms with Crippen molar-refractivity contribution in [3.8, 4) is 0 Å². The summed E-state index contributed by atoms with van der Waals surface area (Å²) in [6.07, 6.45) is 0.516. The number of carbonyl (C=O) groups excluding carboxylic acids is 3. The van der Waals surface area contributed by atoms with Crippen molar-refractivity contribution in [3.63, 3.8) is 0 Å². The maximum absolute atomic E-state index is 13.1. The Labute approximate surface area is 188 Å². The van der Waals surface area contributed by atoms with Gasteiger partial charge in [0.25, 0.3) is 21.8 Å². The molecule has 2 aliphatic heterocycles. The third-order valence-corrected chi connectivity index (χ3v) is 7.21. The number of urea groups is 1. The van der Waals surface area contributed by atoms with Gasteiger partial charge in [0, 0.05) is 18.7 Å². The Bertz CT molecular complexity index is 1210. The molecule has 3 N–H and O–H groups in total. The normalized spacial score (nSPS) is 17.8. The highest BCUT2D eigenvalue weighted by Crippen LogP contribution is 2.29. The average molecular weight is 481 g/mol. The predicted octanol–water partition coefficient (Wildman–Crippen LogP) is 2.09. The summed E-state index contributed by atoms with van der Waals surface area (Å²) in [4.78, 5) is 37.8. The molecule has 12 heteroatoms. The fourth-order valence-corrected chi connectivity index (χ4v) is 5.00. The first-order valence-corrected chi connectivity index (χ1v) is 11.5. The topological polar surface area (TPSA) is 125 Å². The van der Waals surface area contributed by atoms with Crippen molar-refractivity contribution in [3.05, 3.63) is 58.9 Å². The summed E-state index contributed by atoms with van der Waals surface area (Å²) >= 11 is 6.12. The molecule has 2 aromatic carbocycles. The molecule has 2 heterocycles. The molecule has 9 nitrogen and oxygen atoms in total. The van der Waals surface area contributed by atoms with E-state index in [-0.39, 0.29) is 53.0 Å². The van der Waals surface area contributed by atoms with Crippen LogP contribution >= 0.6 is 11.6 Å². The van der Waals surface area contributed by atoms with Crippen molar-refractivity contribution in [2.45, 2.75) is 23.3 Å². The van der Waals surface area contributed by atoms with Crippen LogP contribution in [-0.4, -0.2) is 49.8 Å². The molecule has 0 aliphatic carbocycles. The Morgan fingerprint density at radius 2 is 1.75 bits per heavy atom. The highest BCUT2D eigenvalue weighted by atomic mass is 35.5. The molecule has 4 amide bonds. The molecule has 2 aliphatic rings. The SMILES string of the molecule is O=C1NC(=O)C2(CCN(C(=O)c3ccc(Cl)c(NS(=O)(=O)c4ccc(F)cc4)c3)CC2)N1. The average Bonchev–Trinajstić information content (AvgIpc) is 3.02. The minimum absolute atomic E-state index is 0.00208. The van der Waals surface area contributed by atoms with E-state index in [0.29, 0.717) is 0 Å². The van der Waals surface area contributed by atoms with Crippen LogP contribution in [0.25, 0.3) is 0 Å². The molecule has 0 aromatic heterocycles. The molecule has 2 aromatic rings. The van der Waals surface area contributed by atoms with Crippen molar-refractivity contribution in [2.24, 2.45) is 0 Å². The number of hydrogen-bond donors (Lipinski definition) is 3. The molecule has 32 heavy (non-hydrogen) atoms. The number of carbonyl (C=O) groups is 3. The molecule has 0 unspecified atom stereocenters. The van der Waals surface area contributed by atoms with Gasteiger partial charge < -0.3 is 10.2 Å². The van der Waals surface area contributed by atoms with Gasteiger partial charge in [0.05, 0.1) is 15.6 Å². The monoisotopic (exact) mass is 480 g/mol. The second kappa shape index (κ2) is 8.06. The van der Waals surface area contributed by atoms with Crippen LogP contribution in [0, 0.1) is 5.82 Å². The molecule has 0 radical (unpaired) electrons. The third kappa shape index (κ3) is 4.13. The zero-order valence-electron chi connectivity index (χ0n) is 16.5. The van der Waals surface area contributed by atoms with Crippen LogP contribution < -0.4 is 15.4 Å². The molecule has 2 fully saturated rings. The minimum atomic E-state index is -4.06. The maximum Gasteiger partial charge on any atom is 0.322 e. The third-order valence-electron chi connectivity index (χ3n) is 5.50. The van der Waals surface area contributed by atoms with Crippen LogP contribution in [0.4, 0.5) is 14.9 Å². The number of hydrogen-bond acceptors (Lipinski definition) is 5. The van der Waals surface area contributed by atoms with E-state index in [1.54, 1.807) is 0 Å². The number of halogens is 2. The highest BCUT2D eigenvalue weighted by Gasteiger charge is 2.48. The Kier molecular flexibility index (Phi) is 5.55. The van der Waals surface area contributed by atoms with Gasteiger partial charge in [0.1, 0.15) is 11.4 Å². The fourth-order valence-electron chi connectivity index (χ4n) is 3.71. The van der Waals surface area contributed by atoms with Crippen LogP contribution in [0.15, 0.2) is 47.4 Å². The first-order valence-electron chi connectivity index (χ1n) is 9.60. The Morgan fingerprint density at radius 3 is 2.34 bits per heavy atom. The molecular weight excluding hydrogens is 463 g/mol. The summed E-state index contributed by atoms with van der Waals surface area (Å²) < 4.78 is 40.6. The number of piperidine rings is 1. The van der Waals surface area contributed by atoms with Crippen molar-refractivity contribution in [1.29, 1.82) is 0 Å². The summed E-state index contributed by atoms with van der Waals surface area (Å²) in [7, 11) is -4.06. The summed E-state index contributed by atoms with van der Waals surface area (Å²) in [6.45, 7) is 0.456. The minimum Gasteiger partial charge on any atom is -0.338 e. The van der Waals surface area contributed by atoms with Gasteiger partial charge in [-0.3, -0.25) is 19.6 Å². The summed E-state index contributed by atoms with van der Waals surface area (Å²) in [6, 6.07) is 7.90. The first kappa shape index (κ1) is 22.0. The zero-order chi connectivity index (χ0) is 23.1. The smallest absolute Gasteiger partial charge is 0.322 e. The standard InChI is InChI=1S/C20H18ClFN4O5S/c21-15-6-1-12(11-16(15)25-32(30,31)14-4-2-13(22)3-5-14)17(27)26-9-7-20(8-10-26)18(28)23-19(29)24-20/h1-6,11,25H,7-10H2,(H2,23,24,28,29). The number of likely N-dealkylation sites (tertiary alicyclic amines) is 1. The van der Waals surface area contributed by atoms with Gasteiger partial charge in [-0.25, -0.2) is 17.6 Å². The van der Waals surface area contributed by atoms with E-state index in [2.05, 4.69) is 15.4 Å². The summed E-state index contributed by atoms with van der Waals surface area (Å²) in [5.74, 6) is -1.35. The summed E-state index contributed by atoms with van der Waals surface area (Å²) in [5, 5.41) is 4.92. The lowest BCUT2D eigenvalue weighted by atomic mass is 9.87. The largest absolute Gasteiger partial charge is 0.338 e. The second-order valence-corrected chi connectivity index (χ2v) is 9.63. The van der Waals surface area contributed by atoms with Crippen LogP contribution in [-0.2, 0) is 14.8 Å². The van der Waals surface area contributed by atoms with E-state index in [1.807, 2.05) is 0 Å². The number of rotatable bonds is 4. The van der Waals surface area contributed by atoms with Gasteiger partial charge in [-0.1, -0.05) is 11.6 Å². The number of anilines is 1. The quantitative estimate of drug-likeness (QED) is 0.578. The lowest BCUT2D eigenvalue weighted by Crippen LogP contribution is -2.55. The lowest BCUT2D eigenvalue weighted by molar-refractivity contribution is -0.125. The molecule has 4 rings (SSSR count). The highest BCUT2D eigenvalue weighted by molar-refractivity contribution is 7.92. The molecule has 2 saturated heterocycles. The Hall–Kier alpha value is -3.18. The number of benzene rings is 2. The van der Waals surface area contributed by atoms with Gasteiger partial charge in [0.15, 0.2) is 0 Å². The molecular formula is C20H18ClFN4O5S. The van der Waals surface area contributed by atoms with Crippen LogP contribution in [0.3, 0.4) is 0 Å². The van der Waals surface area contributed by atoms with E-state index in [4.69, 9.17) is 11.6 Å². The van der Waals surface area contributed by atoms with E-state index in [0.717, 1.165) is 24.3 Å². The van der Waals surface area contributed by atoms with Crippen molar-refractivity contribution in [1.82, 2.24) is 15.5 Å². The zero-order valence-corrected chi connectivity index (χ0v) is 18.1. The number of nitrogens with one attached hydrogen (secondary N) is 3. The molecule has 0 atom stereocenters. The first-order chi connectivity index (χ1) is 15.1. The van der Waals surface area contributed by atoms with Crippen LogP contribution in [0.1, 0.15) is 23.2 Å². The van der Waals surface area contributed by atoms with Crippen LogP contribution in [0.2, 0.25) is 5.02 Å². The Balaban J connectivity index is 1.50. The van der Waals surface area contributed by atoms with E-state index in [1.165, 1.54) is 23.1 Å². The van der Waals surface area contributed by atoms with E-state index in [9.17, 15) is 27.2 Å². The van der Waals surface area contributed by atoms with Gasteiger partial charge >= 0.3 is 6.03 Å². The molecule has 0 bridgehead atoms. The fraction of sp³-hybridized carbons (Fsp3) is 0.250. The molecule has 168 valence electrons. The molecule has 1 spiro atoms. The molecule has 0 saturated carbocycles. The van der Waals surface area contributed by atoms with Crippen molar-refractivity contribution in [2.75, 3.05) is 17.8 Å². The Morgan fingerprint density at radius 1 is 1.09 bits per heavy atom. The maximum atomic E-state index is 13.1. The number of imide groups is 1. The predicted molar refractivity (Wildman–Crippen MR) is 113 cm³/mol. The van der Waals surface area contributed by atoms with Crippen molar-refractivity contribution >= 4 is 45.2 Å². The van der Waals surface area contributed by atoms with Crippen LogP contribution in [0.5, 0.6) is 0 Å². The van der Waals surface area contributed by atoms with E-state index < -0.39 is 33.3 Å². The van der Waals surface area contributed by atoms with Gasteiger partial charge in [0.2, 0.25) is 0 Å². The number of nitrogens with zero attached hydrogens (tertiary/aromatic N) is 1.